The maximum absolute atomic E-state index is 2.57. The lowest BCUT2D eigenvalue weighted by atomic mass is 9.43. The second-order valence-corrected chi connectivity index (χ2v) is 18.5. The third-order valence-electron chi connectivity index (χ3n) is 15.7. The van der Waals surface area contributed by atoms with Crippen molar-refractivity contribution in [2.75, 3.05) is 0 Å². The van der Waals surface area contributed by atoms with E-state index in [-0.39, 0.29) is 5.41 Å². The molecule has 2 aromatic heterocycles. The number of nitrogens with zero attached hydrogens (tertiary/aromatic N) is 2. The number of rotatable bonds is 4. The molecule has 4 bridgehead atoms. The third kappa shape index (κ3) is 4.38. The molecular formula is C58H44N2. The smallest absolute Gasteiger partial charge is 0.0547 e. The minimum atomic E-state index is 0.179. The van der Waals surface area contributed by atoms with Crippen LogP contribution in [0, 0.1) is 23.7 Å². The average Bonchev–Trinajstić information content (AvgIpc) is 3.92. The quantitative estimate of drug-likeness (QED) is 0.169. The van der Waals surface area contributed by atoms with E-state index in [2.05, 4.69) is 191 Å². The first-order valence-electron chi connectivity index (χ1n) is 22.2. The van der Waals surface area contributed by atoms with Gasteiger partial charge in [-0.1, -0.05) is 127 Å². The van der Waals surface area contributed by atoms with Crippen LogP contribution in [0.1, 0.15) is 43.2 Å². The molecule has 8 aromatic carbocycles. The number of aromatic nitrogens is 2. The van der Waals surface area contributed by atoms with Crippen LogP contribution in [0.2, 0.25) is 0 Å². The Balaban J connectivity index is 0.943. The van der Waals surface area contributed by atoms with E-state index < -0.39 is 0 Å². The number of benzene rings is 8. The molecule has 0 aliphatic heterocycles. The molecule has 4 saturated carbocycles. The summed E-state index contributed by atoms with van der Waals surface area (Å²) in [7, 11) is 0. The first kappa shape index (κ1) is 33.2. The summed E-state index contributed by atoms with van der Waals surface area (Å²) in [6, 6.07) is 68.7. The molecular weight excluding hydrogens is 725 g/mol. The molecule has 0 saturated heterocycles. The molecule has 286 valence electrons. The molecule has 0 radical (unpaired) electrons. The summed E-state index contributed by atoms with van der Waals surface area (Å²) in [5.41, 5.74) is 18.7. The van der Waals surface area contributed by atoms with Gasteiger partial charge in [-0.05, 0) is 155 Å². The van der Waals surface area contributed by atoms with Gasteiger partial charge in [-0.15, -0.1) is 0 Å². The highest BCUT2D eigenvalue weighted by molar-refractivity contribution is 6.17. The van der Waals surface area contributed by atoms with E-state index in [4.69, 9.17) is 0 Å². The molecule has 2 heterocycles. The van der Waals surface area contributed by atoms with E-state index in [1.165, 1.54) is 120 Å². The van der Waals surface area contributed by atoms with Crippen LogP contribution in [0.15, 0.2) is 182 Å². The molecule has 1 spiro atoms. The summed E-state index contributed by atoms with van der Waals surface area (Å²) in [5, 5.41) is 5.14. The van der Waals surface area contributed by atoms with E-state index in [9.17, 15) is 0 Å². The first-order chi connectivity index (χ1) is 29.7. The largest absolute Gasteiger partial charge is 0.309 e. The Kier molecular flexibility index (Phi) is 6.76. The normalized spacial score (nSPS) is 22.4. The SMILES string of the molecule is c1ccc(-c2cccc(-n3c4ccccc4c4cc(-c5cccc6c5c5ccccc5n6-c5ccc6c(c5)-c5ccccc5C65C6CC7CC(C6)CC5C7)ccc43)c2)cc1. The fourth-order valence-electron chi connectivity index (χ4n) is 13.7. The van der Waals surface area contributed by atoms with Crippen LogP contribution >= 0.6 is 0 Å². The zero-order valence-corrected chi connectivity index (χ0v) is 33.6. The molecule has 0 N–H and O–H groups in total. The number of hydrogen-bond acceptors (Lipinski definition) is 0. The molecule has 60 heavy (non-hydrogen) atoms. The van der Waals surface area contributed by atoms with Crippen LogP contribution in [-0.2, 0) is 5.41 Å². The van der Waals surface area contributed by atoms with Crippen molar-refractivity contribution in [1.82, 2.24) is 9.13 Å². The van der Waals surface area contributed by atoms with Crippen LogP contribution in [0.25, 0.3) is 88.4 Å². The highest BCUT2D eigenvalue weighted by Gasteiger charge is 2.61. The zero-order valence-electron chi connectivity index (χ0n) is 33.6. The first-order valence-corrected chi connectivity index (χ1v) is 22.2. The lowest BCUT2D eigenvalue weighted by molar-refractivity contribution is -0.0399. The van der Waals surface area contributed by atoms with Crippen molar-refractivity contribution in [1.29, 1.82) is 0 Å². The van der Waals surface area contributed by atoms with Crippen LogP contribution in [0.5, 0.6) is 0 Å². The summed E-state index contributed by atoms with van der Waals surface area (Å²) in [6.45, 7) is 0. The molecule has 5 aliphatic rings. The molecule has 4 fully saturated rings. The number of fused-ring (bicyclic) bond motifs is 9. The topological polar surface area (TPSA) is 9.86 Å². The van der Waals surface area contributed by atoms with Gasteiger partial charge < -0.3 is 9.13 Å². The van der Waals surface area contributed by atoms with Gasteiger partial charge in [0.15, 0.2) is 0 Å². The van der Waals surface area contributed by atoms with Gasteiger partial charge >= 0.3 is 0 Å². The van der Waals surface area contributed by atoms with E-state index >= 15 is 0 Å². The maximum Gasteiger partial charge on any atom is 0.0547 e. The molecule has 2 nitrogen and oxygen atoms in total. The van der Waals surface area contributed by atoms with E-state index in [0.717, 1.165) is 23.7 Å². The van der Waals surface area contributed by atoms with Crippen molar-refractivity contribution >= 4 is 43.6 Å². The van der Waals surface area contributed by atoms with Gasteiger partial charge in [0.05, 0.1) is 22.1 Å². The Bertz CT molecular complexity index is 3370. The summed E-state index contributed by atoms with van der Waals surface area (Å²) in [4.78, 5) is 0. The molecule has 0 unspecified atom stereocenters. The summed E-state index contributed by atoms with van der Waals surface area (Å²) in [6.07, 6.45) is 7.11. The molecule has 0 amide bonds. The summed E-state index contributed by atoms with van der Waals surface area (Å²) < 4.78 is 4.98. The Hall–Kier alpha value is -6.64. The molecule has 2 heteroatoms. The predicted octanol–water partition coefficient (Wildman–Crippen LogP) is 14.9. The Morgan fingerprint density at radius 3 is 1.78 bits per heavy atom. The van der Waals surface area contributed by atoms with Crippen molar-refractivity contribution in [3.8, 4) is 44.8 Å². The summed E-state index contributed by atoms with van der Waals surface area (Å²) in [5.74, 6) is 3.42. The lowest BCUT2D eigenvalue weighted by Crippen LogP contribution is -2.55. The molecule has 15 rings (SSSR count). The second kappa shape index (κ2) is 12.2. The highest BCUT2D eigenvalue weighted by Crippen LogP contribution is 2.69. The predicted molar refractivity (Wildman–Crippen MR) is 249 cm³/mol. The monoisotopic (exact) mass is 768 g/mol. The Labute approximate surface area is 350 Å². The Morgan fingerprint density at radius 2 is 0.950 bits per heavy atom. The fourth-order valence-corrected chi connectivity index (χ4v) is 13.7. The van der Waals surface area contributed by atoms with Crippen molar-refractivity contribution < 1.29 is 0 Å². The Morgan fingerprint density at radius 1 is 0.350 bits per heavy atom. The van der Waals surface area contributed by atoms with Gasteiger partial charge in [0.1, 0.15) is 0 Å². The zero-order chi connectivity index (χ0) is 39.1. The van der Waals surface area contributed by atoms with E-state index in [0.29, 0.717) is 0 Å². The van der Waals surface area contributed by atoms with Crippen LogP contribution in [0.4, 0.5) is 0 Å². The van der Waals surface area contributed by atoms with Gasteiger partial charge in [0, 0.05) is 38.3 Å². The van der Waals surface area contributed by atoms with Crippen LogP contribution < -0.4 is 0 Å². The van der Waals surface area contributed by atoms with Gasteiger partial charge in [-0.25, -0.2) is 0 Å². The minimum absolute atomic E-state index is 0.179. The van der Waals surface area contributed by atoms with Gasteiger partial charge in [0.2, 0.25) is 0 Å². The molecule has 0 atom stereocenters. The van der Waals surface area contributed by atoms with Crippen LogP contribution in [-0.4, -0.2) is 9.13 Å². The van der Waals surface area contributed by atoms with Crippen LogP contribution in [0.3, 0.4) is 0 Å². The summed E-state index contributed by atoms with van der Waals surface area (Å²) >= 11 is 0. The third-order valence-corrected chi connectivity index (χ3v) is 15.7. The minimum Gasteiger partial charge on any atom is -0.309 e. The highest BCUT2D eigenvalue weighted by atomic mass is 15.0. The lowest BCUT2D eigenvalue weighted by Gasteiger charge is -2.61. The van der Waals surface area contributed by atoms with Crippen molar-refractivity contribution in [3.05, 3.63) is 193 Å². The van der Waals surface area contributed by atoms with Gasteiger partial charge in [-0.2, -0.15) is 0 Å². The number of para-hydroxylation sites is 2. The van der Waals surface area contributed by atoms with Gasteiger partial charge in [-0.3, -0.25) is 0 Å². The number of hydrogen-bond donors (Lipinski definition) is 0. The van der Waals surface area contributed by atoms with Crippen molar-refractivity contribution in [3.63, 3.8) is 0 Å². The fraction of sp³-hybridized carbons (Fsp3) is 0.172. The molecule has 5 aliphatic carbocycles. The van der Waals surface area contributed by atoms with Gasteiger partial charge in [0.25, 0.3) is 0 Å². The van der Waals surface area contributed by atoms with E-state index in [1.807, 2.05) is 0 Å². The molecule has 10 aromatic rings. The second-order valence-electron chi connectivity index (χ2n) is 18.5. The van der Waals surface area contributed by atoms with E-state index in [1.54, 1.807) is 11.1 Å². The maximum atomic E-state index is 2.57. The average molecular weight is 769 g/mol. The standard InChI is InChI=1S/C58H44N2/c1-2-12-38(13-3-1)39-14-10-15-43(33-39)59-53-21-8-5-17-47(53)50-34-40(24-27-55(50)59)45-19-11-23-56-57(45)48-18-6-9-22-54(48)60(56)44-25-26-52-49(35-44)46-16-4-7-20-51(46)58(52)41-29-36-28-37(31-41)32-42(58)30-36/h1-27,33-37,41-42H,28-32H2. The van der Waals surface area contributed by atoms with Crippen molar-refractivity contribution in [2.45, 2.75) is 37.5 Å². The van der Waals surface area contributed by atoms with Crippen molar-refractivity contribution in [2.24, 2.45) is 23.7 Å².